The van der Waals surface area contributed by atoms with E-state index in [0.717, 1.165) is 75.6 Å². The molecule has 2 aromatic heterocycles. The molecular weight excluding hydrogens is 487 g/mol. The second-order valence-electron chi connectivity index (χ2n) is 6.89. The van der Waals surface area contributed by atoms with Gasteiger partial charge in [-0.1, -0.05) is 5.16 Å². The molecule has 1 aliphatic heterocycles. The van der Waals surface area contributed by atoms with E-state index in [1.54, 1.807) is 13.4 Å². The summed E-state index contributed by atoms with van der Waals surface area (Å²) in [5, 5.41) is 15.8. The zero-order valence-corrected chi connectivity index (χ0v) is 19.7. The van der Waals surface area contributed by atoms with E-state index >= 15 is 0 Å². The average molecular weight is 518 g/mol. The Labute approximate surface area is 188 Å². The lowest BCUT2D eigenvalue weighted by molar-refractivity contribution is 0.168. The fourth-order valence-electron chi connectivity index (χ4n) is 3.08. The smallest absolute Gasteiger partial charge is 0.194 e. The lowest BCUT2D eigenvalue weighted by Gasteiger charge is -2.36. The van der Waals surface area contributed by atoms with Gasteiger partial charge in [-0.15, -0.1) is 34.2 Å². The topological polar surface area (TPSA) is 96.8 Å². The van der Waals surface area contributed by atoms with Crippen LogP contribution >= 0.6 is 24.0 Å². The van der Waals surface area contributed by atoms with Gasteiger partial charge >= 0.3 is 0 Å². The van der Waals surface area contributed by atoms with Crippen molar-refractivity contribution < 1.29 is 9.26 Å². The predicted octanol–water partition coefficient (Wildman–Crippen LogP) is 1.03. The molecule has 0 unspecified atom stereocenters. The lowest BCUT2D eigenvalue weighted by Crippen LogP contribution is -2.52. The van der Waals surface area contributed by atoms with Gasteiger partial charge in [0.05, 0.1) is 5.69 Å². The molecule has 0 spiro atoms. The number of aromatic nitrogens is 4. The van der Waals surface area contributed by atoms with Gasteiger partial charge in [-0.25, -0.2) is 4.99 Å². The Kier molecular flexibility index (Phi) is 9.81. The molecule has 162 valence electrons. The number of rotatable bonds is 8. The minimum atomic E-state index is 0. The number of halogens is 1. The fraction of sp³-hybridized carbons (Fsp3) is 0.667. The van der Waals surface area contributed by atoms with Gasteiger partial charge < -0.3 is 24.0 Å². The summed E-state index contributed by atoms with van der Waals surface area (Å²) in [4.78, 5) is 9.49. The number of ether oxygens (including phenoxy) is 1. The van der Waals surface area contributed by atoms with Crippen molar-refractivity contribution in [3.63, 3.8) is 0 Å². The molecule has 3 heterocycles. The molecule has 1 N–H and O–H groups in total. The molecule has 0 saturated carbocycles. The number of hydrogen-bond donors (Lipinski definition) is 1. The maximum Gasteiger partial charge on any atom is 0.194 e. The van der Waals surface area contributed by atoms with Crippen molar-refractivity contribution in [2.75, 3.05) is 46.4 Å². The van der Waals surface area contributed by atoms with Crippen LogP contribution in [-0.2, 0) is 24.9 Å². The Morgan fingerprint density at radius 2 is 2.07 bits per heavy atom. The Bertz CT molecular complexity index is 741. The van der Waals surface area contributed by atoms with Crippen LogP contribution in [0.5, 0.6) is 0 Å². The minimum Gasteiger partial charge on any atom is -0.385 e. The Morgan fingerprint density at radius 3 is 2.69 bits per heavy atom. The van der Waals surface area contributed by atoms with Crippen LogP contribution in [0.15, 0.2) is 21.8 Å². The van der Waals surface area contributed by atoms with Crippen LogP contribution in [0.4, 0.5) is 0 Å². The number of nitrogens with zero attached hydrogens (tertiary/aromatic N) is 7. The zero-order valence-electron chi connectivity index (χ0n) is 17.4. The summed E-state index contributed by atoms with van der Waals surface area (Å²) in [6.07, 6.45) is 2.55. The molecule has 0 amide bonds. The third kappa shape index (κ3) is 6.93. The Hall–Kier alpha value is -1.73. The van der Waals surface area contributed by atoms with Crippen LogP contribution < -0.4 is 5.32 Å². The maximum atomic E-state index is 5.15. The van der Waals surface area contributed by atoms with Crippen molar-refractivity contribution >= 4 is 29.9 Å². The van der Waals surface area contributed by atoms with E-state index in [-0.39, 0.29) is 24.0 Å². The summed E-state index contributed by atoms with van der Waals surface area (Å²) in [6.45, 7) is 8.54. The van der Waals surface area contributed by atoms with Gasteiger partial charge in [-0.2, -0.15) is 0 Å². The Balaban J connectivity index is 0.00000300. The SMILES string of the molecule is COCCCNC(=NCc1nnc(C)n1C)N1CCN(Cc2ccon2)CC1.I. The Morgan fingerprint density at radius 1 is 1.28 bits per heavy atom. The molecule has 29 heavy (non-hydrogen) atoms. The van der Waals surface area contributed by atoms with Crippen LogP contribution in [-0.4, -0.2) is 82.1 Å². The van der Waals surface area contributed by atoms with Crippen molar-refractivity contribution in [1.29, 1.82) is 0 Å². The summed E-state index contributed by atoms with van der Waals surface area (Å²) in [5.41, 5.74) is 0.970. The van der Waals surface area contributed by atoms with Crippen molar-refractivity contribution in [3.8, 4) is 0 Å². The van der Waals surface area contributed by atoms with Gasteiger partial charge in [0, 0.05) is 66.1 Å². The molecule has 0 aromatic carbocycles. The zero-order chi connectivity index (χ0) is 19.8. The number of aliphatic imine (C=N–C) groups is 1. The van der Waals surface area contributed by atoms with E-state index in [9.17, 15) is 0 Å². The molecule has 1 saturated heterocycles. The number of methoxy groups -OCH3 is 1. The second-order valence-corrected chi connectivity index (χ2v) is 6.89. The molecule has 10 nitrogen and oxygen atoms in total. The van der Waals surface area contributed by atoms with Crippen molar-refractivity contribution in [1.82, 2.24) is 35.0 Å². The highest BCUT2D eigenvalue weighted by Crippen LogP contribution is 2.08. The highest BCUT2D eigenvalue weighted by Gasteiger charge is 2.20. The van der Waals surface area contributed by atoms with Crippen LogP contribution in [0.25, 0.3) is 0 Å². The number of hydrogen-bond acceptors (Lipinski definition) is 7. The monoisotopic (exact) mass is 518 g/mol. The van der Waals surface area contributed by atoms with Gasteiger partial charge in [-0.3, -0.25) is 4.90 Å². The first kappa shape index (κ1) is 23.5. The summed E-state index contributed by atoms with van der Waals surface area (Å²) >= 11 is 0. The first-order chi connectivity index (χ1) is 13.7. The predicted molar refractivity (Wildman–Crippen MR) is 120 cm³/mol. The average Bonchev–Trinajstić information content (AvgIpc) is 3.33. The molecule has 3 rings (SSSR count). The normalized spacial score (nSPS) is 15.4. The van der Waals surface area contributed by atoms with Crippen LogP contribution in [0.2, 0.25) is 0 Å². The third-order valence-corrected chi connectivity index (χ3v) is 4.91. The van der Waals surface area contributed by atoms with E-state index in [2.05, 4.69) is 30.5 Å². The van der Waals surface area contributed by atoms with Crippen LogP contribution in [0.3, 0.4) is 0 Å². The lowest BCUT2D eigenvalue weighted by atomic mass is 10.3. The van der Waals surface area contributed by atoms with Crippen molar-refractivity contribution in [2.24, 2.45) is 12.0 Å². The number of nitrogens with one attached hydrogen (secondary N) is 1. The fourth-order valence-corrected chi connectivity index (χ4v) is 3.08. The summed E-state index contributed by atoms with van der Waals surface area (Å²) < 4.78 is 12.0. The third-order valence-electron chi connectivity index (χ3n) is 4.91. The summed E-state index contributed by atoms with van der Waals surface area (Å²) in [7, 11) is 3.69. The van der Waals surface area contributed by atoms with Crippen LogP contribution in [0, 0.1) is 6.92 Å². The maximum absolute atomic E-state index is 5.15. The highest BCUT2D eigenvalue weighted by atomic mass is 127. The molecular formula is C18H31IN8O2. The molecule has 0 aliphatic carbocycles. The molecule has 0 atom stereocenters. The van der Waals surface area contributed by atoms with E-state index in [4.69, 9.17) is 14.3 Å². The molecule has 2 aromatic rings. The highest BCUT2D eigenvalue weighted by molar-refractivity contribution is 14.0. The van der Waals surface area contributed by atoms with Crippen molar-refractivity contribution in [3.05, 3.63) is 29.7 Å². The van der Waals surface area contributed by atoms with E-state index in [0.29, 0.717) is 6.54 Å². The van der Waals surface area contributed by atoms with Gasteiger partial charge in [0.25, 0.3) is 0 Å². The molecule has 0 bridgehead atoms. The molecule has 11 heteroatoms. The number of piperazine rings is 1. The van der Waals surface area contributed by atoms with E-state index < -0.39 is 0 Å². The minimum absolute atomic E-state index is 0. The molecule has 0 radical (unpaired) electrons. The van der Waals surface area contributed by atoms with Gasteiger partial charge in [0.1, 0.15) is 18.6 Å². The van der Waals surface area contributed by atoms with Gasteiger partial charge in [0.2, 0.25) is 0 Å². The first-order valence-electron chi connectivity index (χ1n) is 9.66. The first-order valence-corrected chi connectivity index (χ1v) is 9.66. The summed E-state index contributed by atoms with van der Waals surface area (Å²) in [5.74, 6) is 2.66. The van der Waals surface area contributed by atoms with Crippen LogP contribution in [0.1, 0.15) is 23.8 Å². The second kappa shape index (κ2) is 12.1. The van der Waals surface area contributed by atoms with E-state index in [1.807, 2.05) is 24.6 Å². The standard InChI is InChI=1S/C18H30N8O2.HI/c1-15-21-22-17(24(15)2)13-20-18(19-6-4-11-27-3)26-9-7-25(8-10-26)14-16-5-12-28-23-16;/h5,12H,4,6-11,13-14H2,1-3H3,(H,19,20);1H. The quantitative estimate of drug-likeness (QED) is 0.240. The number of guanidine groups is 1. The molecule has 1 fully saturated rings. The van der Waals surface area contributed by atoms with Gasteiger partial charge in [0.15, 0.2) is 11.8 Å². The van der Waals surface area contributed by atoms with Gasteiger partial charge in [-0.05, 0) is 13.3 Å². The van der Waals surface area contributed by atoms with E-state index in [1.165, 1.54) is 0 Å². The summed E-state index contributed by atoms with van der Waals surface area (Å²) in [6, 6.07) is 1.92. The molecule has 1 aliphatic rings. The number of aryl methyl sites for hydroxylation is 1. The van der Waals surface area contributed by atoms with Crippen molar-refractivity contribution in [2.45, 2.75) is 26.4 Å². The largest absolute Gasteiger partial charge is 0.385 e.